The number of fused-ring (bicyclic) bond motifs is 1. The molecule has 2 aromatic carbocycles. The molecule has 0 aromatic heterocycles. The Morgan fingerprint density at radius 1 is 1.15 bits per heavy atom. The second-order valence-corrected chi connectivity index (χ2v) is 7.91. The van der Waals surface area contributed by atoms with E-state index in [9.17, 15) is 19.8 Å². The van der Waals surface area contributed by atoms with Gasteiger partial charge in [0.05, 0.1) is 17.8 Å². The van der Waals surface area contributed by atoms with Crippen LogP contribution in [-0.4, -0.2) is 29.0 Å². The number of rotatable bonds is 2. The fraction of sp³-hybridized carbons (Fsp3) is 0.300. The van der Waals surface area contributed by atoms with Crippen molar-refractivity contribution in [1.82, 2.24) is 0 Å². The fourth-order valence-corrected chi connectivity index (χ4v) is 3.47. The molecule has 0 fully saturated rings. The maximum absolute atomic E-state index is 13.2. The molecule has 2 aromatic rings. The topological polar surface area (TPSA) is 95.9 Å². The van der Waals surface area contributed by atoms with E-state index >= 15 is 0 Å². The molecule has 0 aliphatic carbocycles. The first-order valence-electron chi connectivity index (χ1n) is 8.30. The monoisotopic (exact) mass is 389 g/mol. The number of halogens is 1. The second kappa shape index (κ2) is 6.25. The number of hydrogen-bond acceptors (Lipinski definition) is 5. The summed E-state index contributed by atoms with van der Waals surface area (Å²) in [6.07, 6.45) is 0. The maximum atomic E-state index is 13.2. The van der Waals surface area contributed by atoms with E-state index in [0.717, 1.165) is 0 Å². The largest absolute Gasteiger partial charge is 0.508 e. The quantitative estimate of drug-likeness (QED) is 0.684. The van der Waals surface area contributed by atoms with Gasteiger partial charge in [-0.15, -0.1) is 0 Å². The first-order chi connectivity index (χ1) is 12.5. The van der Waals surface area contributed by atoms with Crippen LogP contribution < -0.4 is 10.1 Å². The van der Waals surface area contributed by atoms with Crippen molar-refractivity contribution < 1.29 is 24.5 Å². The molecule has 1 unspecified atom stereocenters. The van der Waals surface area contributed by atoms with Crippen LogP contribution in [0.25, 0.3) is 0 Å². The number of aromatic hydroxyl groups is 1. The lowest BCUT2D eigenvalue weighted by Crippen LogP contribution is -2.51. The molecule has 1 aliphatic heterocycles. The Hall–Kier alpha value is -2.57. The van der Waals surface area contributed by atoms with Crippen molar-refractivity contribution in [3.05, 3.63) is 52.0 Å². The second-order valence-electron chi connectivity index (χ2n) is 7.51. The van der Waals surface area contributed by atoms with Crippen LogP contribution >= 0.6 is 11.6 Å². The highest BCUT2D eigenvalue weighted by molar-refractivity contribution is 6.34. The van der Waals surface area contributed by atoms with Crippen molar-refractivity contribution in [1.29, 1.82) is 0 Å². The summed E-state index contributed by atoms with van der Waals surface area (Å²) >= 11 is 6.12. The summed E-state index contributed by atoms with van der Waals surface area (Å²) < 4.78 is 5.11. The summed E-state index contributed by atoms with van der Waals surface area (Å²) in [5, 5.41) is 23.9. The van der Waals surface area contributed by atoms with E-state index in [4.69, 9.17) is 16.3 Å². The Morgan fingerprint density at radius 3 is 2.41 bits per heavy atom. The highest BCUT2D eigenvalue weighted by Gasteiger charge is 2.52. The number of aliphatic hydroxyl groups is 1. The van der Waals surface area contributed by atoms with Crippen LogP contribution in [0.5, 0.6) is 11.5 Å². The summed E-state index contributed by atoms with van der Waals surface area (Å²) in [7, 11) is 1.42. The van der Waals surface area contributed by atoms with Gasteiger partial charge in [0.1, 0.15) is 11.5 Å². The molecule has 6 nitrogen and oxygen atoms in total. The number of Topliss-reactive ketones (excluding diaryl/α,β-unsaturated/α-hetero) is 1. The standard InChI is InChI=1S/C20H20ClNO5/c1-19(2,3)13-7-10(23)5-6-12(13)20(26)17(24)11-8-14(21)16(27-4)9-15(11)22-18(20)25/h5-9,23,26H,1-4H3,(H,22,25). The number of nitrogens with one attached hydrogen (secondary N) is 1. The van der Waals surface area contributed by atoms with Crippen LogP contribution in [0.3, 0.4) is 0 Å². The van der Waals surface area contributed by atoms with Crippen molar-refractivity contribution in [2.24, 2.45) is 0 Å². The zero-order valence-corrected chi connectivity index (χ0v) is 16.1. The number of benzene rings is 2. The number of methoxy groups -OCH3 is 1. The van der Waals surface area contributed by atoms with Gasteiger partial charge in [0.25, 0.3) is 5.91 Å². The van der Waals surface area contributed by atoms with Crippen molar-refractivity contribution in [3.8, 4) is 11.5 Å². The number of hydrogen-bond donors (Lipinski definition) is 3. The molecule has 0 spiro atoms. The molecule has 0 saturated heterocycles. The van der Waals surface area contributed by atoms with Crippen LogP contribution in [0.1, 0.15) is 42.3 Å². The lowest BCUT2D eigenvalue weighted by atomic mass is 9.74. The Labute approximate surface area is 161 Å². The van der Waals surface area contributed by atoms with E-state index in [-0.39, 0.29) is 27.6 Å². The van der Waals surface area contributed by atoms with Gasteiger partial charge in [0.15, 0.2) is 0 Å². The van der Waals surface area contributed by atoms with E-state index in [2.05, 4.69) is 5.32 Å². The number of phenolic OH excluding ortho intramolecular Hbond substituents is 1. The van der Waals surface area contributed by atoms with E-state index in [1.807, 2.05) is 20.8 Å². The van der Waals surface area contributed by atoms with E-state index < -0.39 is 22.7 Å². The number of ketones is 1. The number of anilines is 1. The number of carbonyl (C=O) groups excluding carboxylic acids is 2. The molecule has 27 heavy (non-hydrogen) atoms. The van der Waals surface area contributed by atoms with Gasteiger partial charge in [-0.3, -0.25) is 9.59 Å². The van der Waals surface area contributed by atoms with Gasteiger partial charge in [-0.2, -0.15) is 0 Å². The molecule has 0 radical (unpaired) electrons. The molecule has 1 heterocycles. The smallest absolute Gasteiger partial charge is 0.269 e. The molecule has 1 atom stereocenters. The van der Waals surface area contributed by atoms with Gasteiger partial charge in [-0.05, 0) is 29.2 Å². The average Bonchev–Trinajstić information content (AvgIpc) is 2.59. The van der Waals surface area contributed by atoms with Crippen LogP contribution in [-0.2, 0) is 15.8 Å². The fourth-order valence-electron chi connectivity index (χ4n) is 3.22. The number of amides is 1. The van der Waals surface area contributed by atoms with Gasteiger partial charge in [-0.25, -0.2) is 0 Å². The molecular formula is C20H20ClNO5. The molecule has 3 N–H and O–H groups in total. The minimum atomic E-state index is -2.44. The van der Waals surface area contributed by atoms with Crippen molar-refractivity contribution in [2.75, 3.05) is 12.4 Å². The van der Waals surface area contributed by atoms with Gasteiger partial charge >= 0.3 is 0 Å². The summed E-state index contributed by atoms with van der Waals surface area (Å²) in [6.45, 7) is 5.57. The van der Waals surface area contributed by atoms with Gasteiger partial charge in [0.2, 0.25) is 11.4 Å². The first-order valence-corrected chi connectivity index (χ1v) is 8.68. The van der Waals surface area contributed by atoms with Crippen LogP contribution in [0.2, 0.25) is 5.02 Å². The molecule has 1 aliphatic rings. The van der Waals surface area contributed by atoms with Crippen LogP contribution in [0.15, 0.2) is 30.3 Å². The van der Waals surface area contributed by atoms with Crippen molar-refractivity contribution in [2.45, 2.75) is 31.8 Å². The SMILES string of the molecule is COc1cc2c(cc1Cl)C(=O)C(O)(c1ccc(O)cc1C(C)(C)C)C(=O)N2. The van der Waals surface area contributed by atoms with Gasteiger partial charge in [0, 0.05) is 17.2 Å². The lowest BCUT2D eigenvalue weighted by Gasteiger charge is -2.35. The number of carbonyl (C=O) groups is 2. The summed E-state index contributed by atoms with van der Waals surface area (Å²) in [5.74, 6) is -1.39. The third kappa shape index (κ3) is 2.95. The molecule has 7 heteroatoms. The Bertz CT molecular complexity index is 964. The van der Waals surface area contributed by atoms with E-state index in [1.54, 1.807) is 0 Å². The normalized spacial score (nSPS) is 19.5. The van der Waals surface area contributed by atoms with Crippen LogP contribution in [0, 0.1) is 0 Å². The van der Waals surface area contributed by atoms with Crippen LogP contribution in [0.4, 0.5) is 5.69 Å². The molecule has 142 valence electrons. The van der Waals surface area contributed by atoms with Gasteiger partial charge < -0.3 is 20.3 Å². The van der Waals surface area contributed by atoms with Crippen molar-refractivity contribution in [3.63, 3.8) is 0 Å². The molecule has 1 amide bonds. The predicted molar refractivity (Wildman–Crippen MR) is 102 cm³/mol. The third-order valence-electron chi connectivity index (χ3n) is 4.64. The maximum Gasteiger partial charge on any atom is 0.269 e. The highest BCUT2D eigenvalue weighted by Crippen LogP contribution is 2.43. The number of ether oxygens (including phenoxy) is 1. The highest BCUT2D eigenvalue weighted by atomic mass is 35.5. The lowest BCUT2D eigenvalue weighted by molar-refractivity contribution is -0.130. The zero-order chi connectivity index (χ0) is 20.1. The minimum Gasteiger partial charge on any atom is -0.508 e. The van der Waals surface area contributed by atoms with Gasteiger partial charge in [-0.1, -0.05) is 38.4 Å². The zero-order valence-electron chi connectivity index (χ0n) is 15.4. The molecule has 0 saturated carbocycles. The minimum absolute atomic E-state index is 0.0240. The Balaban J connectivity index is 2.25. The summed E-state index contributed by atoms with van der Waals surface area (Å²) in [6, 6.07) is 6.97. The summed E-state index contributed by atoms with van der Waals surface area (Å²) in [5.41, 5.74) is -2.09. The molecule has 0 bridgehead atoms. The predicted octanol–water partition coefficient (Wildman–Crippen LogP) is 3.37. The average molecular weight is 390 g/mol. The Morgan fingerprint density at radius 2 is 1.81 bits per heavy atom. The number of phenols is 1. The van der Waals surface area contributed by atoms with E-state index in [0.29, 0.717) is 11.3 Å². The third-order valence-corrected chi connectivity index (χ3v) is 4.94. The first kappa shape index (κ1) is 19.2. The van der Waals surface area contributed by atoms with E-state index in [1.165, 1.54) is 37.4 Å². The Kier molecular flexibility index (Phi) is 4.44. The van der Waals surface area contributed by atoms with Crippen molar-refractivity contribution >= 4 is 29.0 Å². The molecular weight excluding hydrogens is 370 g/mol. The summed E-state index contributed by atoms with van der Waals surface area (Å²) in [4.78, 5) is 26.0. The molecule has 3 rings (SSSR count).